The maximum Gasteiger partial charge on any atom is 0.230 e. The number of nitrogens with one attached hydrogen (secondary N) is 2. The van der Waals surface area contributed by atoms with Gasteiger partial charge in [0.15, 0.2) is 4.34 Å². The summed E-state index contributed by atoms with van der Waals surface area (Å²) in [6, 6.07) is 0. The molecule has 1 aromatic heterocycles. The Morgan fingerprint density at radius 2 is 2.28 bits per heavy atom. The van der Waals surface area contributed by atoms with Crippen LogP contribution in [0.25, 0.3) is 0 Å². The summed E-state index contributed by atoms with van der Waals surface area (Å²) >= 11 is 2.84. The van der Waals surface area contributed by atoms with Crippen LogP contribution in [0.5, 0.6) is 0 Å². The van der Waals surface area contributed by atoms with E-state index in [-0.39, 0.29) is 5.91 Å². The van der Waals surface area contributed by atoms with Gasteiger partial charge in [0, 0.05) is 20.2 Å². The van der Waals surface area contributed by atoms with Crippen LogP contribution in [-0.4, -0.2) is 48.7 Å². The predicted octanol–water partition coefficient (Wildman–Crippen LogP) is 1.21. The molecular weight excluding hydrogens is 272 g/mol. The molecule has 0 unspecified atom stereocenters. The minimum absolute atomic E-state index is 0.0333. The van der Waals surface area contributed by atoms with Gasteiger partial charge in [-0.1, -0.05) is 30.0 Å². The summed E-state index contributed by atoms with van der Waals surface area (Å²) in [6.07, 6.45) is 0.947. The summed E-state index contributed by atoms with van der Waals surface area (Å²) in [4.78, 5) is 11.4. The van der Waals surface area contributed by atoms with E-state index in [0.717, 1.165) is 22.4 Å². The molecule has 0 bridgehead atoms. The third kappa shape index (κ3) is 6.18. The van der Waals surface area contributed by atoms with E-state index < -0.39 is 0 Å². The van der Waals surface area contributed by atoms with Crippen molar-refractivity contribution in [3.05, 3.63) is 0 Å². The molecule has 0 aliphatic carbocycles. The number of ether oxygens (including phenoxy) is 1. The van der Waals surface area contributed by atoms with Gasteiger partial charge in [-0.2, -0.15) is 0 Å². The molecule has 0 aliphatic rings. The second-order valence-electron chi connectivity index (χ2n) is 3.43. The number of aromatic nitrogens is 2. The molecule has 0 aromatic carbocycles. The van der Waals surface area contributed by atoms with Gasteiger partial charge < -0.3 is 15.4 Å². The molecule has 18 heavy (non-hydrogen) atoms. The van der Waals surface area contributed by atoms with Gasteiger partial charge in [-0.05, 0) is 6.42 Å². The lowest BCUT2D eigenvalue weighted by Gasteiger charge is -2.00. The van der Waals surface area contributed by atoms with E-state index in [2.05, 4.69) is 20.8 Å². The number of thioether (sulfide) groups is 1. The number of amides is 1. The quantitative estimate of drug-likeness (QED) is 0.526. The molecule has 0 spiro atoms. The summed E-state index contributed by atoms with van der Waals surface area (Å²) in [6.45, 7) is 4.07. The van der Waals surface area contributed by atoms with Crippen LogP contribution in [0.1, 0.15) is 13.3 Å². The molecule has 0 saturated heterocycles. The van der Waals surface area contributed by atoms with Crippen LogP contribution in [0, 0.1) is 0 Å². The highest BCUT2D eigenvalue weighted by atomic mass is 32.2. The van der Waals surface area contributed by atoms with E-state index >= 15 is 0 Å². The summed E-state index contributed by atoms with van der Waals surface area (Å²) in [5.41, 5.74) is 0. The molecule has 6 nitrogen and oxygen atoms in total. The van der Waals surface area contributed by atoms with Gasteiger partial charge in [0.05, 0.1) is 12.4 Å². The van der Waals surface area contributed by atoms with E-state index in [4.69, 9.17) is 4.74 Å². The van der Waals surface area contributed by atoms with Crippen molar-refractivity contribution in [1.29, 1.82) is 0 Å². The molecule has 0 radical (unpaired) electrons. The average Bonchev–Trinajstić information content (AvgIpc) is 2.82. The smallest absolute Gasteiger partial charge is 0.230 e. The summed E-state index contributed by atoms with van der Waals surface area (Å²) in [5, 5.41) is 14.6. The first-order valence-electron chi connectivity index (χ1n) is 5.72. The summed E-state index contributed by atoms with van der Waals surface area (Å²) in [5.74, 6) is 0.415. The second-order valence-corrected chi connectivity index (χ2v) is 5.63. The van der Waals surface area contributed by atoms with Crippen molar-refractivity contribution in [2.45, 2.75) is 17.7 Å². The van der Waals surface area contributed by atoms with Gasteiger partial charge in [-0.15, -0.1) is 10.2 Å². The Morgan fingerprint density at radius 1 is 1.44 bits per heavy atom. The van der Waals surface area contributed by atoms with Crippen LogP contribution in [0.3, 0.4) is 0 Å². The molecule has 102 valence electrons. The molecule has 1 heterocycles. The van der Waals surface area contributed by atoms with Crippen molar-refractivity contribution in [1.82, 2.24) is 15.5 Å². The van der Waals surface area contributed by atoms with Gasteiger partial charge in [0.25, 0.3) is 0 Å². The van der Waals surface area contributed by atoms with Crippen LogP contribution < -0.4 is 10.6 Å². The van der Waals surface area contributed by atoms with E-state index in [9.17, 15) is 4.79 Å². The lowest BCUT2D eigenvalue weighted by Crippen LogP contribution is -2.25. The Kier molecular flexibility index (Phi) is 7.70. The van der Waals surface area contributed by atoms with Gasteiger partial charge in [-0.25, -0.2) is 0 Å². The lowest BCUT2D eigenvalue weighted by molar-refractivity contribution is -0.118. The number of anilines is 1. The fourth-order valence-electron chi connectivity index (χ4n) is 1.04. The van der Waals surface area contributed by atoms with Crippen molar-refractivity contribution in [2.24, 2.45) is 0 Å². The third-order valence-electron chi connectivity index (χ3n) is 1.89. The average molecular weight is 290 g/mol. The predicted molar refractivity (Wildman–Crippen MR) is 74.3 cm³/mol. The van der Waals surface area contributed by atoms with Crippen molar-refractivity contribution in [3.8, 4) is 0 Å². The molecule has 0 saturated carbocycles. The Balaban J connectivity index is 2.24. The van der Waals surface area contributed by atoms with Crippen LogP contribution in [0.2, 0.25) is 0 Å². The molecule has 8 heteroatoms. The van der Waals surface area contributed by atoms with Crippen LogP contribution >= 0.6 is 23.1 Å². The Bertz CT molecular complexity index is 359. The second kappa shape index (κ2) is 9.12. The Morgan fingerprint density at radius 3 is 3.00 bits per heavy atom. The number of hydrogen-bond acceptors (Lipinski definition) is 7. The molecule has 1 rings (SSSR count). The van der Waals surface area contributed by atoms with Gasteiger partial charge >= 0.3 is 0 Å². The highest BCUT2D eigenvalue weighted by Crippen LogP contribution is 2.24. The molecule has 2 N–H and O–H groups in total. The summed E-state index contributed by atoms with van der Waals surface area (Å²) in [7, 11) is 1.65. The first-order valence-corrected chi connectivity index (χ1v) is 7.52. The highest BCUT2D eigenvalue weighted by Gasteiger charge is 2.07. The summed E-state index contributed by atoms with van der Waals surface area (Å²) < 4.78 is 5.72. The van der Waals surface area contributed by atoms with Crippen molar-refractivity contribution in [3.63, 3.8) is 0 Å². The van der Waals surface area contributed by atoms with Gasteiger partial charge in [0.2, 0.25) is 11.0 Å². The van der Waals surface area contributed by atoms with Crippen LogP contribution in [-0.2, 0) is 9.53 Å². The van der Waals surface area contributed by atoms with E-state index in [0.29, 0.717) is 18.9 Å². The maximum atomic E-state index is 11.4. The molecule has 0 atom stereocenters. The standard InChI is InChI=1S/C10H18N4O2S2/c1-3-4-11-8(15)7-17-10-14-13-9(18-10)12-5-6-16-2/h3-7H2,1-2H3,(H,11,15)(H,12,13). The lowest BCUT2D eigenvalue weighted by atomic mass is 10.5. The Hall–Kier alpha value is -0.860. The maximum absolute atomic E-state index is 11.4. The fourth-order valence-corrected chi connectivity index (χ4v) is 2.65. The molecule has 0 aliphatic heterocycles. The number of nitrogens with zero attached hydrogens (tertiary/aromatic N) is 2. The molecule has 1 amide bonds. The number of carbonyl (C=O) groups excluding carboxylic acids is 1. The van der Waals surface area contributed by atoms with Gasteiger partial charge in [-0.3, -0.25) is 4.79 Å². The van der Waals surface area contributed by atoms with Crippen molar-refractivity contribution in [2.75, 3.05) is 37.9 Å². The molecule has 1 aromatic rings. The topological polar surface area (TPSA) is 76.1 Å². The normalized spacial score (nSPS) is 10.3. The Labute approximate surface area is 115 Å². The highest BCUT2D eigenvalue weighted by molar-refractivity contribution is 8.01. The number of methoxy groups -OCH3 is 1. The number of carbonyl (C=O) groups is 1. The zero-order chi connectivity index (χ0) is 13.2. The fraction of sp³-hybridized carbons (Fsp3) is 0.700. The van der Waals surface area contributed by atoms with Crippen LogP contribution in [0.15, 0.2) is 4.34 Å². The minimum atomic E-state index is 0.0333. The van der Waals surface area contributed by atoms with Crippen molar-refractivity contribution >= 4 is 34.1 Å². The molecule has 0 fully saturated rings. The van der Waals surface area contributed by atoms with E-state index in [1.54, 1.807) is 7.11 Å². The SMILES string of the molecule is CCCNC(=O)CSc1nnc(NCCOC)s1. The monoisotopic (exact) mass is 290 g/mol. The van der Waals surface area contributed by atoms with E-state index in [1.807, 2.05) is 6.92 Å². The largest absolute Gasteiger partial charge is 0.383 e. The van der Waals surface area contributed by atoms with Gasteiger partial charge in [0.1, 0.15) is 0 Å². The first-order chi connectivity index (χ1) is 8.76. The van der Waals surface area contributed by atoms with Crippen molar-refractivity contribution < 1.29 is 9.53 Å². The first kappa shape index (κ1) is 15.2. The molecular formula is C10H18N4O2S2. The van der Waals surface area contributed by atoms with Crippen LogP contribution in [0.4, 0.5) is 5.13 Å². The van der Waals surface area contributed by atoms with E-state index in [1.165, 1.54) is 23.1 Å². The zero-order valence-electron chi connectivity index (χ0n) is 10.6. The number of rotatable bonds is 9. The number of hydrogen-bond donors (Lipinski definition) is 2. The zero-order valence-corrected chi connectivity index (χ0v) is 12.2. The third-order valence-corrected chi connectivity index (χ3v) is 3.90. The minimum Gasteiger partial charge on any atom is -0.383 e.